The highest BCUT2D eigenvalue weighted by Gasteiger charge is 2.31. The standard InChI is InChI=1S/C37H40N2O9/c1-36(2,3)47-32(40)21-45-23-15-16-31-28(18-23)22(19-39(31)35(44)48-37(4,5)6)17-30(33(41)42)38-34(43)46-20-29-26-13-9-7-11-24(26)25-12-8-10-14-27(25)29/h7-16,18-19,29-30H,17,20-21H2,1-6H3,(H,38,43)(H,41,42)/t30-/m0/s1. The van der Waals surface area contributed by atoms with Crippen LogP contribution in [0, 0.1) is 0 Å². The molecule has 1 amide bonds. The molecule has 0 saturated heterocycles. The number of amides is 1. The summed E-state index contributed by atoms with van der Waals surface area (Å²) in [5.74, 6) is -1.75. The van der Waals surface area contributed by atoms with Gasteiger partial charge in [0.05, 0.1) is 5.52 Å². The average Bonchev–Trinajstić information content (AvgIpc) is 3.52. The van der Waals surface area contributed by atoms with Gasteiger partial charge in [0.25, 0.3) is 0 Å². The van der Waals surface area contributed by atoms with Crippen LogP contribution in [-0.4, -0.2) is 64.3 Å². The minimum absolute atomic E-state index is 0.0164. The first-order valence-electron chi connectivity index (χ1n) is 15.7. The lowest BCUT2D eigenvalue weighted by Gasteiger charge is -2.20. The summed E-state index contributed by atoms with van der Waals surface area (Å²) in [6, 6.07) is 19.2. The molecule has 1 atom stereocenters. The van der Waals surface area contributed by atoms with Crippen molar-refractivity contribution in [2.75, 3.05) is 13.2 Å². The van der Waals surface area contributed by atoms with Crippen molar-refractivity contribution in [1.82, 2.24) is 9.88 Å². The first kappa shape index (κ1) is 34.0. The van der Waals surface area contributed by atoms with Gasteiger partial charge in [-0.15, -0.1) is 0 Å². The molecule has 0 unspecified atom stereocenters. The third-order valence-corrected chi connectivity index (χ3v) is 7.58. The monoisotopic (exact) mass is 656 g/mol. The number of carbonyl (C=O) groups is 4. The van der Waals surface area contributed by atoms with Crippen LogP contribution in [0.25, 0.3) is 22.0 Å². The van der Waals surface area contributed by atoms with E-state index in [2.05, 4.69) is 5.32 Å². The normalized spacial score (nSPS) is 13.3. The van der Waals surface area contributed by atoms with Crippen molar-refractivity contribution < 1.29 is 43.2 Å². The number of benzene rings is 3. The number of fused-ring (bicyclic) bond motifs is 4. The van der Waals surface area contributed by atoms with Crippen molar-refractivity contribution in [3.63, 3.8) is 0 Å². The lowest BCUT2D eigenvalue weighted by atomic mass is 9.98. The molecule has 11 heteroatoms. The number of carbonyl (C=O) groups excluding carboxylic acids is 3. The molecule has 252 valence electrons. The molecule has 1 aromatic heterocycles. The molecular weight excluding hydrogens is 616 g/mol. The number of hydrogen-bond acceptors (Lipinski definition) is 8. The van der Waals surface area contributed by atoms with Gasteiger partial charge in [0.2, 0.25) is 0 Å². The molecule has 5 rings (SSSR count). The second-order valence-electron chi connectivity index (χ2n) is 13.6. The predicted octanol–water partition coefficient (Wildman–Crippen LogP) is 6.68. The number of nitrogens with zero attached hydrogens (tertiary/aromatic N) is 1. The highest BCUT2D eigenvalue weighted by atomic mass is 16.6. The van der Waals surface area contributed by atoms with E-state index in [9.17, 15) is 24.3 Å². The zero-order valence-electron chi connectivity index (χ0n) is 27.9. The summed E-state index contributed by atoms with van der Waals surface area (Å²) in [7, 11) is 0. The van der Waals surface area contributed by atoms with Gasteiger partial charge in [-0.25, -0.2) is 19.2 Å². The van der Waals surface area contributed by atoms with Crippen molar-refractivity contribution in [2.45, 2.75) is 71.1 Å². The molecule has 4 aromatic rings. The largest absolute Gasteiger partial charge is 0.482 e. The summed E-state index contributed by atoms with van der Waals surface area (Å²) in [6.45, 7) is 10.1. The second-order valence-corrected chi connectivity index (χ2v) is 13.6. The van der Waals surface area contributed by atoms with E-state index >= 15 is 0 Å². The number of aromatic nitrogens is 1. The average molecular weight is 657 g/mol. The number of carboxylic acids is 1. The van der Waals surface area contributed by atoms with Gasteiger partial charge in [0.15, 0.2) is 6.61 Å². The number of aliphatic carboxylic acids is 1. The minimum atomic E-state index is -1.40. The van der Waals surface area contributed by atoms with Gasteiger partial charge in [0.1, 0.15) is 29.6 Å². The molecule has 48 heavy (non-hydrogen) atoms. The second kappa shape index (κ2) is 13.4. The number of hydrogen-bond donors (Lipinski definition) is 2. The first-order chi connectivity index (χ1) is 22.6. The zero-order chi connectivity index (χ0) is 34.8. The van der Waals surface area contributed by atoms with Crippen LogP contribution in [0.1, 0.15) is 64.2 Å². The van der Waals surface area contributed by atoms with E-state index in [0.717, 1.165) is 22.3 Å². The summed E-state index contributed by atoms with van der Waals surface area (Å²) >= 11 is 0. The Morgan fingerprint density at radius 1 is 0.854 bits per heavy atom. The molecule has 11 nitrogen and oxygen atoms in total. The summed E-state index contributed by atoms with van der Waals surface area (Å²) in [6.07, 6.45) is -0.272. The molecule has 1 aliphatic carbocycles. The van der Waals surface area contributed by atoms with Crippen LogP contribution in [0.2, 0.25) is 0 Å². The quantitative estimate of drug-likeness (QED) is 0.149. The van der Waals surface area contributed by atoms with Crippen molar-refractivity contribution >= 4 is 35.0 Å². The lowest BCUT2D eigenvalue weighted by molar-refractivity contribution is -0.157. The van der Waals surface area contributed by atoms with Crippen molar-refractivity contribution in [3.8, 4) is 16.9 Å². The van der Waals surface area contributed by atoms with Crippen LogP contribution < -0.4 is 10.1 Å². The van der Waals surface area contributed by atoms with Gasteiger partial charge < -0.3 is 29.4 Å². The number of ether oxygens (including phenoxy) is 4. The van der Waals surface area contributed by atoms with E-state index in [1.54, 1.807) is 59.7 Å². The van der Waals surface area contributed by atoms with Gasteiger partial charge in [0, 0.05) is 23.9 Å². The maximum absolute atomic E-state index is 13.1. The van der Waals surface area contributed by atoms with E-state index in [4.69, 9.17) is 18.9 Å². The van der Waals surface area contributed by atoms with E-state index < -0.39 is 41.4 Å². The number of esters is 1. The zero-order valence-corrected chi connectivity index (χ0v) is 27.9. The summed E-state index contributed by atoms with van der Waals surface area (Å²) < 4.78 is 23.4. The molecule has 0 radical (unpaired) electrons. The summed E-state index contributed by atoms with van der Waals surface area (Å²) in [5, 5.41) is 13.1. The van der Waals surface area contributed by atoms with Gasteiger partial charge in [-0.2, -0.15) is 0 Å². The van der Waals surface area contributed by atoms with Crippen LogP contribution in [0.5, 0.6) is 5.75 Å². The molecule has 0 aliphatic heterocycles. The van der Waals surface area contributed by atoms with E-state index in [1.807, 2.05) is 48.5 Å². The molecule has 0 spiro atoms. The Labute approximate surface area is 278 Å². The highest BCUT2D eigenvalue weighted by molar-refractivity contribution is 5.93. The molecule has 3 aromatic carbocycles. The van der Waals surface area contributed by atoms with Crippen LogP contribution >= 0.6 is 0 Å². The van der Waals surface area contributed by atoms with Crippen LogP contribution in [0.4, 0.5) is 9.59 Å². The maximum Gasteiger partial charge on any atom is 0.419 e. The Morgan fingerprint density at radius 3 is 2.04 bits per heavy atom. The fourth-order valence-electron chi connectivity index (χ4n) is 5.71. The number of carboxylic acid groups (broad SMARTS) is 1. The Balaban J connectivity index is 1.35. The molecule has 2 N–H and O–H groups in total. The van der Waals surface area contributed by atoms with Crippen LogP contribution in [0.15, 0.2) is 72.9 Å². The minimum Gasteiger partial charge on any atom is -0.482 e. The van der Waals surface area contributed by atoms with E-state index in [0.29, 0.717) is 22.2 Å². The fourth-order valence-corrected chi connectivity index (χ4v) is 5.71. The van der Waals surface area contributed by atoms with Gasteiger partial charge in [-0.3, -0.25) is 4.57 Å². The molecule has 0 bridgehead atoms. The van der Waals surface area contributed by atoms with E-state index in [1.165, 1.54) is 10.8 Å². The van der Waals surface area contributed by atoms with Gasteiger partial charge >= 0.3 is 24.1 Å². The Morgan fingerprint density at radius 2 is 1.46 bits per heavy atom. The third-order valence-electron chi connectivity index (χ3n) is 7.58. The fraction of sp³-hybridized carbons (Fsp3) is 0.351. The molecule has 0 fully saturated rings. The van der Waals surface area contributed by atoms with Crippen LogP contribution in [-0.2, 0) is 30.2 Å². The number of alkyl carbamates (subject to hydrolysis) is 1. The molecular formula is C37H40N2O9. The number of rotatable bonds is 9. The topological polar surface area (TPSA) is 142 Å². The number of nitrogens with one attached hydrogen (secondary N) is 1. The predicted molar refractivity (Wildman–Crippen MR) is 178 cm³/mol. The van der Waals surface area contributed by atoms with Gasteiger partial charge in [-0.05, 0) is 87.6 Å². The molecule has 0 saturated carbocycles. The van der Waals surface area contributed by atoms with Crippen molar-refractivity contribution in [3.05, 3.63) is 89.6 Å². The van der Waals surface area contributed by atoms with Gasteiger partial charge in [-0.1, -0.05) is 48.5 Å². The van der Waals surface area contributed by atoms with Crippen molar-refractivity contribution in [1.29, 1.82) is 0 Å². The van der Waals surface area contributed by atoms with E-state index in [-0.39, 0.29) is 25.6 Å². The lowest BCUT2D eigenvalue weighted by Crippen LogP contribution is -2.42. The third kappa shape index (κ3) is 7.96. The SMILES string of the molecule is CC(C)(C)OC(=O)COc1ccc2c(c1)c(C[C@H](NC(=O)OCC1c3ccccc3-c3ccccc31)C(=O)O)cn2C(=O)OC(C)(C)C. The Bertz CT molecular complexity index is 1820. The summed E-state index contributed by atoms with van der Waals surface area (Å²) in [4.78, 5) is 50.8. The van der Waals surface area contributed by atoms with Crippen LogP contribution in [0.3, 0.4) is 0 Å². The summed E-state index contributed by atoms with van der Waals surface area (Å²) in [5.41, 5.74) is 3.57. The first-order valence-corrected chi connectivity index (χ1v) is 15.7. The maximum atomic E-state index is 13.1. The highest BCUT2D eigenvalue weighted by Crippen LogP contribution is 2.44. The molecule has 1 aliphatic rings. The Kier molecular flexibility index (Phi) is 9.52. The molecule has 1 heterocycles. The van der Waals surface area contributed by atoms with Crippen molar-refractivity contribution in [2.24, 2.45) is 0 Å². The Hall–Kier alpha value is -5.32. The smallest absolute Gasteiger partial charge is 0.419 e.